The van der Waals surface area contributed by atoms with Gasteiger partial charge in [-0.15, -0.1) is 0 Å². The van der Waals surface area contributed by atoms with Crippen LogP contribution in [0.15, 0.2) is 28.0 Å². The van der Waals surface area contributed by atoms with Crippen LogP contribution in [0.3, 0.4) is 0 Å². The van der Waals surface area contributed by atoms with E-state index in [0.29, 0.717) is 26.2 Å². The first-order valence-corrected chi connectivity index (χ1v) is 10.5. The number of rotatable bonds is 10. The number of ether oxygens (including phenoxy) is 2. The molecule has 0 aliphatic rings. The van der Waals surface area contributed by atoms with Gasteiger partial charge in [0, 0.05) is 26.5 Å². The molecule has 0 amide bonds. The summed E-state index contributed by atoms with van der Waals surface area (Å²) in [6.07, 6.45) is 1.46. The SMILES string of the molecule is COCCOCCCNS(=O)(=O)c1cc(S(C)(=O)=O)ccc1Cl. The van der Waals surface area contributed by atoms with Crippen LogP contribution in [0, 0.1) is 0 Å². The van der Waals surface area contributed by atoms with E-state index in [1.807, 2.05) is 0 Å². The van der Waals surface area contributed by atoms with Crippen molar-refractivity contribution in [1.82, 2.24) is 4.72 Å². The molecule has 0 spiro atoms. The van der Waals surface area contributed by atoms with E-state index in [0.717, 1.165) is 12.3 Å². The molecule has 7 nitrogen and oxygen atoms in total. The van der Waals surface area contributed by atoms with E-state index >= 15 is 0 Å². The molecule has 132 valence electrons. The zero-order chi connectivity index (χ0) is 17.5. The average molecular weight is 386 g/mol. The Morgan fingerprint density at radius 1 is 1.13 bits per heavy atom. The monoisotopic (exact) mass is 385 g/mol. The molecule has 0 aliphatic carbocycles. The molecular formula is C13H20ClNO6S2. The lowest BCUT2D eigenvalue weighted by atomic mass is 10.4. The minimum Gasteiger partial charge on any atom is -0.382 e. The van der Waals surface area contributed by atoms with Crippen molar-refractivity contribution < 1.29 is 26.3 Å². The normalized spacial score (nSPS) is 12.5. The second-order valence-electron chi connectivity index (χ2n) is 4.72. The van der Waals surface area contributed by atoms with Gasteiger partial charge in [-0.3, -0.25) is 0 Å². The van der Waals surface area contributed by atoms with E-state index in [1.54, 1.807) is 7.11 Å². The van der Waals surface area contributed by atoms with Crippen LogP contribution >= 0.6 is 11.6 Å². The maximum Gasteiger partial charge on any atom is 0.242 e. The van der Waals surface area contributed by atoms with E-state index in [1.165, 1.54) is 12.1 Å². The van der Waals surface area contributed by atoms with Crippen LogP contribution in [-0.2, 0) is 29.3 Å². The van der Waals surface area contributed by atoms with Crippen LogP contribution < -0.4 is 4.72 Å². The summed E-state index contributed by atoms with van der Waals surface area (Å²) >= 11 is 5.88. The minimum absolute atomic E-state index is 0.0405. The third kappa shape index (κ3) is 6.74. The molecule has 0 atom stereocenters. The summed E-state index contributed by atoms with van der Waals surface area (Å²) in [6.45, 7) is 1.43. The van der Waals surface area contributed by atoms with Crippen LogP contribution in [0.1, 0.15) is 6.42 Å². The zero-order valence-electron chi connectivity index (χ0n) is 12.9. The second kappa shape index (κ2) is 8.95. The van der Waals surface area contributed by atoms with E-state index in [9.17, 15) is 16.8 Å². The van der Waals surface area contributed by atoms with Gasteiger partial charge >= 0.3 is 0 Å². The Hall–Kier alpha value is -0.710. The Morgan fingerprint density at radius 3 is 2.43 bits per heavy atom. The van der Waals surface area contributed by atoms with Crippen molar-refractivity contribution >= 4 is 31.5 Å². The van der Waals surface area contributed by atoms with Crippen LogP contribution in [0.25, 0.3) is 0 Å². The molecule has 1 rings (SSSR count). The summed E-state index contributed by atoms with van der Waals surface area (Å²) in [5.74, 6) is 0. The second-order valence-corrected chi connectivity index (χ2v) is 8.88. The van der Waals surface area contributed by atoms with Gasteiger partial charge in [-0.1, -0.05) is 11.6 Å². The molecule has 0 aromatic heterocycles. The summed E-state index contributed by atoms with van der Waals surface area (Å²) in [4.78, 5) is -0.368. The lowest BCUT2D eigenvalue weighted by molar-refractivity contribution is 0.0699. The highest BCUT2D eigenvalue weighted by molar-refractivity contribution is 7.91. The topological polar surface area (TPSA) is 98.8 Å². The molecule has 0 bridgehead atoms. The van der Waals surface area contributed by atoms with Crippen molar-refractivity contribution in [2.24, 2.45) is 0 Å². The number of methoxy groups -OCH3 is 1. The van der Waals surface area contributed by atoms with Crippen molar-refractivity contribution in [3.05, 3.63) is 23.2 Å². The highest BCUT2D eigenvalue weighted by Crippen LogP contribution is 2.24. The number of hydrogen-bond acceptors (Lipinski definition) is 6. The van der Waals surface area contributed by atoms with Crippen LogP contribution in [0.2, 0.25) is 5.02 Å². The number of halogens is 1. The van der Waals surface area contributed by atoms with E-state index < -0.39 is 19.9 Å². The first-order chi connectivity index (χ1) is 10.7. The molecular weight excluding hydrogens is 366 g/mol. The molecule has 0 aliphatic heterocycles. The predicted molar refractivity (Wildman–Crippen MR) is 87.1 cm³/mol. The third-order valence-electron chi connectivity index (χ3n) is 2.81. The van der Waals surface area contributed by atoms with E-state index in [2.05, 4.69) is 4.72 Å². The lowest BCUT2D eigenvalue weighted by Crippen LogP contribution is -2.26. The number of hydrogen-bond donors (Lipinski definition) is 1. The van der Waals surface area contributed by atoms with Crippen molar-refractivity contribution in [3.63, 3.8) is 0 Å². The Balaban J connectivity index is 2.70. The number of nitrogens with one attached hydrogen (secondary N) is 1. The highest BCUT2D eigenvalue weighted by Gasteiger charge is 2.20. The van der Waals surface area contributed by atoms with E-state index in [-0.39, 0.29) is 21.4 Å². The Kier molecular flexibility index (Phi) is 7.91. The largest absolute Gasteiger partial charge is 0.382 e. The van der Waals surface area contributed by atoms with Gasteiger partial charge in [0.15, 0.2) is 9.84 Å². The molecule has 1 N–H and O–H groups in total. The van der Waals surface area contributed by atoms with Gasteiger partial charge in [-0.25, -0.2) is 21.6 Å². The summed E-state index contributed by atoms with van der Waals surface area (Å²) in [6, 6.07) is 3.57. The van der Waals surface area contributed by atoms with Gasteiger partial charge < -0.3 is 9.47 Å². The van der Waals surface area contributed by atoms with Gasteiger partial charge in [-0.05, 0) is 24.6 Å². The quantitative estimate of drug-likeness (QED) is 0.605. The van der Waals surface area contributed by atoms with Crippen molar-refractivity contribution in [2.75, 3.05) is 39.7 Å². The number of sulfonamides is 1. The number of sulfone groups is 1. The molecule has 1 aromatic rings. The fourth-order valence-electron chi connectivity index (χ4n) is 1.62. The average Bonchev–Trinajstić information content (AvgIpc) is 2.45. The standard InChI is InChI=1S/C13H20ClNO6S2/c1-20-8-9-21-7-3-6-15-23(18,19)13-10-11(22(2,16)17)4-5-12(13)14/h4-5,10,15H,3,6-9H2,1-2H3. The lowest BCUT2D eigenvalue weighted by Gasteiger charge is -2.10. The molecule has 0 saturated carbocycles. The molecule has 0 radical (unpaired) electrons. The van der Waals surface area contributed by atoms with Gasteiger partial charge in [0.1, 0.15) is 4.90 Å². The zero-order valence-corrected chi connectivity index (χ0v) is 15.3. The summed E-state index contributed by atoms with van der Waals surface area (Å²) in [5.41, 5.74) is 0. The maximum absolute atomic E-state index is 12.2. The van der Waals surface area contributed by atoms with Gasteiger partial charge in [0.2, 0.25) is 10.0 Å². The molecule has 23 heavy (non-hydrogen) atoms. The Bertz CT molecular complexity index is 718. The summed E-state index contributed by atoms with van der Waals surface area (Å²) in [7, 11) is -5.86. The Labute approximate surface area is 141 Å². The first kappa shape index (κ1) is 20.3. The maximum atomic E-state index is 12.2. The Morgan fingerprint density at radius 2 is 1.83 bits per heavy atom. The fraction of sp³-hybridized carbons (Fsp3) is 0.538. The van der Waals surface area contributed by atoms with Crippen molar-refractivity contribution in [3.8, 4) is 0 Å². The molecule has 10 heteroatoms. The summed E-state index contributed by atoms with van der Waals surface area (Å²) in [5, 5.41) is -0.0405. The van der Waals surface area contributed by atoms with Crippen LogP contribution in [0.4, 0.5) is 0 Å². The molecule has 0 heterocycles. The third-order valence-corrected chi connectivity index (χ3v) is 5.86. The van der Waals surface area contributed by atoms with Crippen LogP contribution in [0.5, 0.6) is 0 Å². The molecule has 0 unspecified atom stereocenters. The molecule has 1 aromatic carbocycles. The summed E-state index contributed by atoms with van der Waals surface area (Å²) < 4.78 is 59.9. The smallest absolute Gasteiger partial charge is 0.242 e. The number of benzene rings is 1. The van der Waals surface area contributed by atoms with Crippen LogP contribution in [-0.4, -0.2) is 56.6 Å². The highest BCUT2D eigenvalue weighted by atomic mass is 35.5. The molecule has 0 fully saturated rings. The fourth-order valence-corrected chi connectivity index (χ4v) is 3.94. The minimum atomic E-state index is -3.90. The van der Waals surface area contributed by atoms with Crippen molar-refractivity contribution in [1.29, 1.82) is 0 Å². The molecule has 0 saturated heterocycles. The van der Waals surface area contributed by atoms with Gasteiger partial charge in [0.05, 0.1) is 23.1 Å². The first-order valence-electron chi connectivity index (χ1n) is 6.74. The van der Waals surface area contributed by atoms with Gasteiger partial charge in [-0.2, -0.15) is 0 Å². The van der Waals surface area contributed by atoms with Gasteiger partial charge in [0.25, 0.3) is 0 Å². The predicted octanol–water partition coefficient (Wildman–Crippen LogP) is 1.07. The van der Waals surface area contributed by atoms with E-state index in [4.69, 9.17) is 21.1 Å². The van der Waals surface area contributed by atoms with Crippen molar-refractivity contribution in [2.45, 2.75) is 16.2 Å².